The molecule has 1 N–H and O–H groups in total. The van der Waals surface area contributed by atoms with Crippen LogP contribution in [0.2, 0.25) is 0 Å². The third-order valence-electron chi connectivity index (χ3n) is 4.36. The van der Waals surface area contributed by atoms with Gasteiger partial charge in [-0.15, -0.1) is 0 Å². The second-order valence-electron chi connectivity index (χ2n) is 5.83. The topological polar surface area (TPSA) is 38.3 Å². The molecule has 0 spiro atoms. The summed E-state index contributed by atoms with van der Waals surface area (Å²) in [5.74, 6) is 2.04. The van der Waals surface area contributed by atoms with Crippen molar-refractivity contribution in [1.29, 1.82) is 0 Å². The van der Waals surface area contributed by atoms with Gasteiger partial charge in [0.1, 0.15) is 0 Å². The SMILES string of the molecule is C=C(C)C(=O)ONC1=C2CC3CC(C2)CC1C3. The van der Waals surface area contributed by atoms with Crippen LogP contribution in [0.5, 0.6) is 0 Å². The van der Waals surface area contributed by atoms with Gasteiger partial charge in [-0.05, 0) is 56.4 Å². The largest absolute Gasteiger partial charge is 0.357 e. The van der Waals surface area contributed by atoms with Gasteiger partial charge in [-0.1, -0.05) is 6.58 Å². The Labute approximate surface area is 102 Å². The molecule has 0 aromatic heterocycles. The minimum Gasteiger partial charge on any atom is -0.339 e. The van der Waals surface area contributed by atoms with Gasteiger partial charge in [-0.2, -0.15) is 0 Å². The maximum Gasteiger partial charge on any atom is 0.357 e. The van der Waals surface area contributed by atoms with Crippen LogP contribution >= 0.6 is 0 Å². The average Bonchev–Trinajstić information content (AvgIpc) is 2.26. The fraction of sp³-hybridized carbons (Fsp3) is 0.643. The van der Waals surface area contributed by atoms with Crippen LogP contribution in [0.1, 0.15) is 39.0 Å². The monoisotopic (exact) mass is 233 g/mol. The molecule has 2 atom stereocenters. The van der Waals surface area contributed by atoms with Crippen molar-refractivity contribution in [2.75, 3.05) is 0 Å². The van der Waals surface area contributed by atoms with Gasteiger partial charge in [0.05, 0.1) is 5.70 Å². The molecule has 17 heavy (non-hydrogen) atoms. The first-order valence-electron chi connectivity index (χ1n) is 6.48. The van der Waals surface area contributed by atoms with E-state index in [2.05, 4.69) is 12.1 Å². The Morgan fingerprint density at radius 3 is 2.47 bits per heavy atom. The summed E-state index contributed by atoms with van der Waals surface area (Å²) >= 11 is 0. The highest BCUT2D eigenvalue weighted by Crippen LogP contribution is 2.52. The molecule has 2 saturated carbocycles. The summed E-state index contributed by atoms with van der Waals surface area (Å²) in [5, 5.41) is 0. The van der Waals surface area contributed by atoms with Crippen LogP contribution in [-0.2, 0) is 9.63 Å². The lowest BCUT2D eigenvalue weighted by Crippen LogP contribution is -2.40. The van der Waals surface area contributed by atoms with Gasteiger partial charge in [0, 0.05) is 11.5 Å². The zero-order valence-corrected chi connectivity index (χ0v) is 10.3. The third-order valence-corrected chi connectivity index (χ3v) is 4.36. The second-order valence-corrected chi connectivity index (χ2v) is 5.83. The molecule has 4 bridgehead atoms. The minimum absolute atomic E-state index is 0.355. The van der Waals surface area contributed by atoms with Crippen LogP contribution < -0.4 is 5.48 Å². The molecule has 92 valence electrons. The Morgan fingerprint density at radius 1 is 1.29 bits per heavy atom. The highest BCUT2D eigenvalue weighted by atomic mass is 16.7. The first kappa shape index (κ1) is 10.9. The van der Waals surface area contributed by atoms with E-state index in [0.29, 0.717) is 11.5 Å². The first-order chi connectivity index (χ1) is 8.13. The average molecular weight is 233 g/mol. The van der Waals surface area contributed by atoms with E-state index in [0.717, 1.165) is 11.8 Å². The molecule has 4 rings (SSSR count). The molecule has 4 aliphatic rings. The number of carbonyl (C=O) groups excluding carboxylic acids is 1. The Hall–Kier alpha value is -1.25. The van der Waals surface area contributed by atoms with Crippen molar-refractivity contribution < 1.29 is 9.63 Å². The van der Waals surface area contributed by atoms with E-state index in [1.54, 1.807) is 6.92 Å². The Morgan fingerprint density at radius 2 is 1.94 bits per heavy atom. The Bertz CT molecular complexity index is 394. The standard InChI is InChI=1S/C14H19NO2/c1-8(2)14(16)17-15-13-11-4-9-3-10(6-11)7-12(13)5-9/h9-11,15H,1,3-7H2,2H3. The number of allylic oxidation sites excluding steroid dienone is 2. The van der Waals surface area contributed by atoms with Gasteiger partial charge < -0.3 is 4.84 Å². The molecule has 0 saturated heterocycles. The molecule has 0 radical (unpaired) electrons. The maximum absolute atomic E-state index is 11.4. The summed E-state index contributed by atoms with van der Waals surface area (Å²) in [4.78, 5) is 16.5. The maximum atomic E-state index is 11.4. The van der Waals surface area contributed by atoms with Gasteiger partial charge >= 0.3 is 5.97 Å². The summed E-state index contributed by atoms with van der Waals surface area (Å²) in [5.41, 5.74) is 6.06. The van der Waals surface area contributed by atoms with E-state index < -0.39 is 0 Å². The molecule has 4 aliphatic carbocycles. The first-order valence-corrected chi connectivity index (χ1v) is 6.48. The summed E-state index contributed by atoms with van der Waals surface area (Å²) < 4.78 is 0. The number of rotatable bonds is 3. The zero-order chi connectivity index (χ0) is 12.0. The molecule has 3 nitrogen and oxygen atoms in total. The quantitative estimate of drug-likeness (QED) is 0.601. The third kappa shape index (κ3) is 1.88. The molecule has 0 amide bonds. The highest BCUT2D eigenvalue weighted by Gasteiger charge is 2.42. The number of hydrogen-bond acceptors (Lipinski definition) is 3. The molecule has 2 fully saturated rings. The molecular weight excluding hydrogens is 214 g/mol. The van der Waals surface area contributed by atoms with E-state index in [4.69, 9.17) is 4.84 Å². The van der Waals surface area contributed by atoms with Crippen LogP contribution in [0.4, 0.5) is 0 Å². The second kappa shape index (κ2) is 3.90. The van der Waals surface area contributed by atoms with Crippen LogP contribution in [-0.4, -0.2) is 5.97 Å². The zero-order valence-electron chi connectivity index (χ0n) is 10.3. The van der Waals surface area contributed by atoms with Crippen LogP contribution in [0.3, 0.4) is 0 Å². The number of carbonyl (C=O) groups is 1. The fourth-order valence-corrected chi connectivity index (χ4v) is 3.77. The predicted molar refractivity (Wildman–Crippen MR) is 64.6 cm³/mol. The van der Waals surface area contributed by atoms with Crippen molar-refractivity contribution in [2.24, 2.45) is 17.8 Å². The van der Waals surface area contributed by atoms with E-state index in [1.807, 2.05) is 0 Å². The van der Waals surface area contributed by atoms with E-state index in [-0.39, 0.29) is 5.97 Å². The van der Waals surface area contributed by atoms with Crippen molar-refractivity contribution in [3.63, 3.8) is 0 Å². The molecule has 0 aromatic rings. The summed E-state index contributed by atoms with van der Waals surface area (Å²) in [6, 6.07) is 0. The lowest BCUT2D eigenvalue weighted by atomic mass is 9.60. The summed E-state index contributed by atoms with van der Waals surface area (Å²) in [6.07, 6.45) is 6.37. The molecule has 0 aliphatic heterocycles. The fourth-order valence-electron chi connectivity index (χ4n) is 3.77. The number of hydrogen-bond donors (Lipinski definition) is 1. The lowest BCUT2D eigenvalue weighted by molar-refractivity contribution is -0.145. The number of nitrogens with one attached hydrogen (secondary N) is 1. The van der Waals surface area contributed by atoms with E-state index >= 15 is 0 Å². The minimum atomic E-state index is -0.355. The molecule has 0 aromatic carbocycles. The van der Waals surface area contributed by atoms with Crippen molar-refractivity contribution in [2.45, 2.75) is 39.0 Å². The molecule has 2 unspecified atom stereocenters. The van der Waals surface area contributed by atoms with Crippen LogP contribution in [0.15, 0.2) is 23.4 Å². The molecular formula is C14H19NO2. The van der Waals surface area contributed by atoms with Gasteiger partial charge in [0.25, 0.3) is 0 Å². The Kier molecular flexibility index (Phi) is 2.49. The normalized spacial score (nSPS) is 33.8. The van der Waals surface area contributed by atoms with Crippen molar-refractivity contribution in [3.8, 4) is 0 Å². The van der Waals surface area contributed by atoms with Gasteiger partial charge in [0.2, 0.25) is 0 Å². The van der Waals surface area contributed by atoms with Gasteiger partial charge in [0.15, 0.2) is 0 Å². The summed E-state index contributed by atoms with van der Waals surface area (Å²) in [6.45, 7) is 5.24. The predicted octanol–water partition coefficient (Wildman–Crippen LogP) is 2.70. The number of hydroxylamine groups is 1. The van der Waals surface area contributed by atoms with Crippen LogP contribution in [0.25, 0.3) is 0 Å². The van der Waals surface area contributed by atoms with Crippen molar-refractivity contribution in [1.82, 2.24) is 5.48 Å². The van der Waals surface area contributed by atoms with Crippen LogP contribution in [0, 0.1) is 17.8 Å². The molecule has 0 heterocycles. The smallest absolute Gasteiger partial charge is 0.339 e. The van der Waals surface area contributed by atoms with Crippen molar-refractivity contribution >= 4 is 5.97 Å². The highest BCUT2D eigenvalue weighted by molar-refractivity contribution is 5.86. The van der Waals surface area contributed by atoms with Gasteiger partial charge in [-0.3, -0.25) is 0 Å². The van der Waals surface area contributed by atoms with E-state index in [1.165, 1.54) is 43.4 Å². The van der Waals surface area contributed by atoms with Gasteiger partial charge in [-0.25, -0.2) is 10.3 Å². The van der Waals surface area contributed by atoms with E-state index in [9.17, 15) is 4.79 Å². The van der Waals surface area contributed by atoms with Crippen molar-refractivity contribution in [3.05, 3.63) is 23.4 Å². The molecule has 3 heteroatoms. The summed E-state index contributed by atoms with van der Waals surface area (Å²) in [7, 11) is 0. The lowest BCUT2D eigenvalue weighted by Gasteiger charge is -2.47. The Balaban J connectivity index is 1.71.